The third kappa shape index (κ3) is 6.95. The van der Waals surface area contributed by atoms with Crippen molar-refractivity contribution in [3.8, 4) is 0 Å². The monoisotopic (exact) mass is 471 g/mol. The Kier molecular flexibility index (Phi) is 9.07. The normalized spacial score (nSPS) is 11.7. The average Bonchev–Trinajstić information content (AvgIpc) is 2.85. The first-order valence-corrected chi connectivity index (χ1v) is 12.3. The second kappa shape index (κ2) is 12.2. The lowest BCUT2D eigenvalue weighted by Gasteiger charge is -2.29. The summed E-state index contributed by atoms with van der Waals surface area (Å²) in [6, 6.07) is 26.0. The van der Waals surface area contributed by atoms with Gasteiger partial charge in [0.1, 0.15) is 0 Å². The summed E-state index contributed by atoms with van der Waals surface area (Å²) < 4.78 is 0. The second-order valence-electron chi connectivity index (χ2n) is 9.43. The van der Waals surface area contributed by atoms with E-state index in [1.54, 1.807) is 0 Å². The molecular weight excluding hydrogens is 434 g/mol. The van der Waals surface area contributed by atoms with Gasteiger partial charge in [0.25, 0.3) is 0 Å². The molecule has 1 atom stereocenters. The maximum Gasteiger partial charge on any atom is 0.230 e. The number of nitrogens with zero attached hydrogens (tertiary/aromatic N) is 2. The molecule has 0 saturated heterocycles. The first-order valence-electron chi connectivity index (χ1n) is 12.3. The molecule has 1 unspecified atom stereocenters. The highest BCUT2D eigenvalue weighted by Crippen LogP contribution is 2.29. The molecule has 2 amide bonds. The number of hydrogen-bond donors (Lipinski definition) is 1. The predicted octanol–water partition coefficient (Wildman–Crippen LogP) is 6.07. The molecule has 0 radical (unpaired) electrons. The van der Waals surface area contributed by atoms with E-state index in [0.717, 1.165) is 34.5 Å². The highest BCUT2D eigenvalue weighted by atomic mass is 16.2. The molecule has 3 rings (SSSR count). The van der Waals surface area contributed by atoms with Crippen LogP contribution in [0.1, 0.15) is 49.8 Å². The molecule has 0 bridgehead atoms. The summed E-state index contributed by atoms with van der Waals surface area (Å²) in [5.41, 5.74) is 4.87. The van der Waals surface area contributed by atoms with Crippen LogP contribution >= 0.6 is 0 Å². The Balaban J connectivity index is 1.98. The molecule has 5 nitrogen and oxygen atoms in total. The van der Waals surface area contributed by atoms with Crippen LogP contribution in [0.2, 0.25) is 0 Å². The first kappa shape index (κ1) is 26.0. The lowest BCUT2D eigenvalue weighted by atomic mass is 9.94. The van der Waals surface area contributed by atoms with Gasteiger partial charge < -0.3 is 15.1 Å². The van der Waals surface area contributed by atoms with Crippen molar-refractivity contribution >= 4 is 23.2 Å². The molecule has 0 aromatic heterocycles. The average molecular weight is 472 g/mol. The van der Waals surface area contributed by atoms with Gasteiger partial charge in [0.15, 0.2) is 0 Å². The summed E-state index contributed by atoms with van der Waals surface area (Å²) >= 11 is 0. The van der Waals surface area contributed by atoms with Crippen molar-refractivity contribution in [1.82, 2.24) is 4.90 Å². The number of rotatable bonds is 10. The van der Waals surface area contributed by atoms with E-state index in [0.29, 0.717) is 13.1 Å². The van der Waals surface area contributed by atoms with Gasteiger partial charge in [0.05, 0.1) is 5.92 Å². The predicted molar refractivity (Wildman–Crippen MR) is 144 cm³/mol. The van der Waals surface area contributed by atoms with E-state index in [1.165, 1.54) is 0 Å². The number of carbonyl (C=O) groups is 2. The minimum Gasteiger partial charge on any atom is -0.377 e. The molecule has 3 aromatic rings. The molecule has 0 spiro atoms. The Morgan fingerprint density at radius 3 is 2.06 bits per heavy atom. The molecule has 35 heavy (non-hydrogen) atoms. The minimum atomic E-state index is -0.216. The molecule has 0 aliphatic heterocycles. The summed E-state index contributed by atoms with van der Waals surface area (Å²) in [6.07, 6.45) is 0.721. The van der Waals surface area contributed by atoms with Crippen LogP contribution in [0.25, 0.3) is 0 Å². The molecule has 5 heteroatoms. The molecule has 0 aliphatic rings. The van der Waals surface area contributed by atoms with E-state index < -0.39 is 0 Å². The fourth-order valence-corrected chi connectivity index (χ4v) is 4.19. The number of hydrogen-bond acceptors (Lipinski definition) is 3. The van der Waals surface area contributed by atoms with E-state index >= 15 is 0 Å². The van der Waals surface area contributed by atoms with Crippen molar-refractivity contribution in [1.29, 1.82) is 0 Å². The molecule has 0 saturated carbocycles. The van der Waals surface area contributed by atoms with Gasteiger partial charge in [-0.15, -0.1) is 0 Å². The SMILES string of the molecule is CCC(C(=O)N(Cc1ccccc1)Cc1cc(NC(=O)C(C)C)ccc1N(C)C)c1ccccc1. The highest BCUT2D eigenvalue weighted by molar-refractivity contribution is 5.92. The maximum atomic E-state index is 14.0. The van der Waals surface area contributed by atoms with Crippen molar-refractivity contribution in [2.45, 2.75) is 46.2 Å². The van der Waals surface area contributed by atoms with E-state index in [9.17, 15) is 9.59 Å². The molecule has 0 heterocycles. The van der Waals surface area contributed by atoms with Gasteiger partial charge in [0, 0.05) is 44.5 Å². The van der Waals surface area contributed by atoms with E-state index in [1.807, 2.05) is 104 Å². The fourth-order valence-electron chi connectivity index (χ4n) is 4.19. The van der Waals surface area contributed by atoms with Crippen molar-refractivity contribution in [3.05, 3.63) is 95.6 Å². The molecule has 0 fully saturated rings. The summed E-state index contributed by atoms with van der Waals surface area (Å²) in [4.78, 5) is 30.3. The molecule has 0 aliphatic carbocycles. The van der Waals surface area contributed by atoms with E-state index in [4.69, 9.17) is 0 Å². The van der Waals surface area contributed by atoms with Gasteiger partial charge in [-0.2, -0.15) is 0 Å². The summed E-state index contributed by atoms with van der Waals surface area (Å²) in [5, 5.41) is 3.00. The van der Waals surface area contributed by atoms with Crippen LogP contribution in [0.5, 0.6) is 0 Å². The van der Waals surface area contributed by atoms with Gasteiger partial charge in [0.2, 0.25) is 11.8 Å². The molecular formula is C30H37N3O2. The van der Waals surface area contributed by atoms with Crippen LogP contribution in [0, 0.1) is 5.92 Å². The third-order valence-corrected chi connectivity index (χ3v) is 6.15. The number of benzene rings is 3. The van der Waals surface area contributed by atoms with E-state index in [-0.39, 0.29) is 23.7 Å². The van der Waals surface area contributed by atoms with Gasteiger partial charge >= 0.3 is 0 Å². The second-order valence-corrected chi connectivity index (χ2v) is 9.43. The largest absolute Gasteiger partial charge is 0.377 e. The number of nitrogens with one attached hydrogen (secondary N) is 1. The van der Waals surface area contributed by atoms with Crippen molar-refractivity contribution in [2.75, 3.05) is 24.3 Å². The Morgan fingerprint density at radius 1 is 0.857 bits per heavy atom. The quantitative estimate of drug-likeness (QED) is 0.390. The Labute approximate surface area is 209 Å². The summed E-state index contributed by atoms with van der Waals surface area (Å²) in [6.45, 7) is 6.76. The Bertz CT molecular complexity index is 1110. The number of carbonyl (C=O) groups excluding carboxylic acids is 2. The molecule has 3 aromatic carbocycles. The van der Waals surface area contributed by atoms with Crippen LogP contribution in [0.4, 0.5) is 11.4 Å². The number of anilines is 2. The third-order valence-electron chi connectivity index (χ3n) is 6.15. The zero-order valence-corrected chi connectivity index (χ0v) is 21.5. The van der Waals surface area contributed by atoms with Gasteiger partial charge in [-0.1, -0.05) is 81.4 Å². The highest BCUT2D eigenvalue weighted by Gasteiger charge is 2.26. The van der Waals surface area contributed by atoms with Crippen LogP contribution in [-0.4, -0.2) is 30.8 Å². The zero-order valence-electron chi connectivity index (χ0n) is 21.5. The van der Waals surface area contributed by atoms with Crippen molar-refractivity contribution in [2.24, 2.45) is 5.92 Å². The molecule has 1 N–H and O–H groups in total. The van der Waals surface area contributed by atoms with Crippen LogP contribution in [0.15, 0.2) is 78.9 Å². The van der Waals surface area contributed by atoms with Crippen LogP contribution in [0.3, 0.4) is 0 Å². The topological polar surface area (TPSA) is 52.7 Å². The van der Waals surface area contributed by atoms with Crippen molar-refractivity contribution in [3.63, 3.8) is 0 Å². The first-order chi connectivity index (χ1) is 16.8. The fraction of sp³-hybridized carbons (Fsp3) is 0.333. The Hall–Kier alpha value is -3.60. The zero-order chi connectivity index (χ0) is 25.4. The maximum absolute atomic E-state index is 14.0. The van der Waals surface area contributed by atoms with E-state index in [2.05, 4.69) is 24.4 Å². The summed E-state index contributed by atoms with van der Waals surface area (Å²) in [7, 11) is 3.99. The Morgan fingerprint density at radius 2 is 1.49 bits per heavy atom. The van der Waals surface area contributed by atoms with Crippen molar-refractivity contribution < 1.29 is 9.59 Å². The number of amides is 2. The van der Waals surface area contributed by atoms with Gasteiger partial charge in [-0.3, -0.25) is 9.59 Å². The van der Waals surface area contributed by atoms with Gasteiger partial charge in [-0.25, -0.2) is 0 Å². The van der Waals surface area contributed by atoms with Crippen LogP contribution < -0.4 is 10.2 Å². The lowest BCUT2D eigenvalue weighted by Crippen LogP contribution is -2.34. The smallest absolute Gasteiger partial charge is 0.230 e. The molecule has 184 valence electrons. The standard InChI is InChI=1S/C30H37N3O2/c1-6-27(24-15-11-8-12-16-24)30(35)33(20-23-13-9-7-10-14-23)21-25-19-26(31-29(34)22(2)3)17-18-28(25)32(4)5/h7-19,22,27H,6,20-21H2,1-5H3,(H,31,34). The summed E-state index contributed by atoms with van der Waals surface area (Å²) in [5.74, 6) is -0.254. The minimum absolute atomic E-state index is 0.0269. The van der Waals surface area contributed by atoms with Crippen LogP contribution in [-0.2, 0) is 22.7 Å². The lowest BCUT2D eigenvalue weighted by molar-refractivity contribution is -0.134. The van der Waals surface area contributed by atoms with Gasteiger partial charge in [-0.05, 0) is 41.3 Å².